The molecule has 3 rings (SSSR count). The zero-order valence-electron chi connectivity index (χ0n) is 13.8. The molecule has 4 unspecified atom stereocenters. The second-order valence-corrected chi connectivity index (χ2v) is 7.01. The van der Waals surface area contributed by atoms with Crippen molar-refractivity contribution < 1.29 is 13.5 Å². The number of aromatic nitrogens is 1. The Bertz CT molecular complexity index is 703. The number of hydrogen-bond acceptors (Lipinski definition) is 4. The van der Waals surface area contributed by atoms with E-state index in [1.807, 2.05) is 25.3 Å². The van der Waals surface area contributed by atoms with Gasteiger partial charge in [-0.05, 0) is 48.8 Å². The fourth-order valence-corrected chi connectivity index (χ4v) is 3.60. The fourth-order valence-electron chi connectivity index (χ4n) is 3.18. The first-order chi connectivity index (χ1) is 11.6. The standard InChI is InChI=1S/C18H22N2O3S/c1-12(20-24(21)22)9-16-10-17(16)14-5-3-13(4-6-14)15-7-8-18(23-2)19-11-15/h3-8,11-12,16-17,20H,9-10H2,1-2H3,(H,21,22)/p-1. The van der Waals surface area contributed by atoms with Gasteiger partial charge in [0.1, 0.15) is 0 Å². The highest BCUT2D eigenvalue weighted by Crippen LogP contribution is 2.50. The molecule has 1 aromatic heterocycles. The molecule has 1 aliphatic carbocycles. The van der Waals surface area contributed by atoms with Crippen LogP contribution in [0.15, 0.2) is 42.6 Å². The van der Waals surface area contributed by atoms with Crippen LogP contribution in [0.5, 0.6) is 5.88 Å². The van der Waals surface area contributed by atoms with E-state index in [-0.39, 0.29) is 6.04 Å². The zero-order chi connectivity index (χ0) is 17.1. The van der Waals surface area contributed by atoms with Crippen LogP contribution in [0.4, 0.5) is 0 Å². The van der Waals surface area contributed by atoms with Gasteiger partial charge in [-0.25, -0.2) is 9.71 Å². The van der Waals surface area contributed by atoms with Crippen molar-refractivity contribution in [2.24, 2.45) is 5.92 Å². The minimum atomic E-state index is -2.18. The molecule has 2 aromatic rings. The number of pyridine rings is 1. The first-order valence-electron chi connectivity index (χ1n) is 8.02. The Morgan fingerprint density at radius 3 is 2.58 bits per heavy atom. The van der Waals surface area contributed by atoms with Gasteiger partial charge in [0.05, 0.1) is 7.11 Å². The van der Waals surface area contributed by atoms with E-state index in [9.17, 15) is 8.76 Å². The Morgan fingerprint density at radius 1 is 1.29 bits per heavy atom. The number of methoxy groups -OCH3 is 1. The van der Waals surface area contributed by atoms with Crippen molar-refractivity contribution in [3.63, 3.8) is 0 Å². The first kappa shape index (κ1) is 17.1. The van der Waals surface area contributed by atoms with E-state index in [4.69, 9.17) is 4.74 Å². The van der Waals surface area contributed by atoms with E-state index in [0.717, 1.165) is 24.0 Å². The molecule has 0 spiro atoms. The summed E-state index contributed by atoms with van der Waals surface area (Å²) in [5.74, 6) is 1.71. The lowest BCUT2D eigenvalue weighted by Gasteiger charge is -2.15. The average Bonchev–Trinajstić information content (AvgIpc) is 3.33. The minimum Gasteiger partial charge on any atom is -0.760 e. The van der Waals surface area contributed by atoms with E-state index in [0.29, 0.717) is 17.7 Å². The molecule has 0 saturated heterocycles. The van der Waals surface area contributed by atoms with Crippen LogP contribution >= 0.6 is 0 Å². The van der Waals surface area contributed by atoms with Gasteiger partial charge >= 0.3 is 0 Å². The fraction of sp³-hybridized carbons (Fsp3) is 0.389. The molecular weight excluding hydrogens is 324 g/mol. The maximum atomic E-state index is 10.7. The number of rotatable bonds is 7. The van der Waals surface area contributed by atoms with Gasteiger partial charge in [-0.15, -0.1) is 0 Å². The lowest BCUT2D eigenvalue weighted by molar-refractivity contribution is 0.398. The summed E-state index contributed by atoms with van der Waals surface area (Å²) in [5.41, 5.74) is 3.51. The summed E-state index contributed by atoms with van der Waals surface area (Å²) in [7, 11) is 1.61. The molecule has 1 heterocycles. The van der Waals surface area contributed by atoms with Crippen molar-refractivity contribution in [1.29, 1.82) is 0 Å². The molecule has 5 nitrogen and oxygen atoms in total. The molecule has 24 heavy (non-hydrogen) atoms. The summed E-state index contributed by atoms with van der Waals surface area (Å²) in [4.78, 5) is 4.23. The van der Waals surface area contributed by atoms with Crippen LogP contribution in [-0.2, 0) is 11.3 Å². The van der Waals surface area contributed by atoms with Gasteiger partial charge in [0, 0.05) is 35.1 Å². The summed E-state index contributed by atoms with van der Waals surface area (Å²) in [6.45, 7) is 1.91. The Morgan fingerprint density at radius 2 is 2.00 bits per heavy atom. The summed E-state index contributed by atoms with van der Waals surface area (Å²) >= 11 is -2.18. The third-order valence-corrected chi connectivity index (χ3v) is 5.09. The first-order valence-corrected chi connectivity index (χ1v) is 9.10. The summed E-state index contributed by atoms with van der Waals surface area (Å²) in [6.07, 6.45) is 3.81. The lowest BCUT2D eigenvalue weighted by Crippen LogP contribution is -2.28. The highest BCUT2D eigenvalue weighted by molar-refractivity contribution is 7.77. The SMILES string of the molecule is COc1ccc(-c2ccc(C3CC3CC(C)NS(=O)[O-])cc2)cn1. The van der Waals surface area contributed by atoms with Gasteiger partial charge in [-0.1, -0.05) is 24.3 Å². The molecule has 1 saturated carbocycles. The predicted molar refractivity (Wildman–Crippen MR) is 93.2 cm³/mol. The Kier molecular flexibility index (Phi) is 5.28. The van der Waals surface area contributed by atoms with Gasteiger partial charge in [-0.2, -0.15) is 0 Å². The topological polar surface area (TPSA) is 74.3 Å². The number of nitrogens with one attached hydrogen (secondary N) is 1. The van der Waals surface area contributed by atoms with Crippen LogP contribution in [0, 0.1) is 5.92 Å². The second kappa shape index (κ2) is 7.42. The van der Waals surface area contributed by atoms with Crippen LogP contribution in [0.3, 0.4) is 0 Å². The molecule has 0 bridgehead atoms. The smallest absolute Gasteiger partial charge is 0.212 e. The summed E-state index contributed by atoms with van der Waals surface area (Å²) in [5, 5.41) is 0. The molecule has 128 valence electrons. The third-order valence-electron chi connectivity index (χ3n) is 4.49. The normalized spacial score (nSPS) is 22.0. The highest BCUT2D eigenvalue weighted by Gasteiger charge is 2.38. The molecule has 0 aliphatic heterocycles. The number of hydrogen-bond donors (Lipinski definition) is 1. The number of ether oxygens (including phenoxy) is 1. The van der Waals surface area contributed by atoms with Crippen molar-refractivity contribution >= 4 is 11.3 Å². The van der Waals surface area contributed by atoms with E-state index < -0.39 is 11.3 Å². The monoisotopic (exact) mass is 345 g/mol. The van der Waals surface area contributed by atoms with Crippen LogP contribution in [-0.4, -0.2) is 26.9 Å². The van der Waals surface area contributed by atoms with E-state index in [1.165, 1.54) is 5.56 Å². The summed E-state index contributed by atoms with van der Waals surface area (Å²) < 4.78 is 28.9. The van der Waals surface area contributed by atoms with Crippen molar-refractivity contribution in [2.45, 2.75) is 31.7 Å². The lowest BCUT2D eigenvalue weighted by atomic mass is 10.0. The molecule has 4 atom stereocenters. The van der Waals surface area contributed by atoms with Gasteiger partial charge < -0.3 is 9.29 Å². The minimum absolute atomic E-state index is 0.0111. The van der Waals surface area contributed by atoms with Crippen molar-refractivity contribution in [1.82, 2.24) is 9.71 Å². The molecule has 1 aromatic carbocycles. The maximum absolute atomic E-state index is 10.7. The molecule has 6 heteroatoms. The molecule has 1 aliphatic rings. The average molecular weight is 345 g/mol. The van der Waals surface area contributed by atoms with Gasteiger partial charge in [0.2, 0.25) is 5.88 Å². The largest absolute Gasteiger partial charge is 0.760 e. The van der Waals surface area contributed by atoms with E-state index in [1.54, 1.807) is 7.11 Å². The Hall–Kier alpha value is -1.76. The predicted octanol–water partition coefficient (Wildman–Crippen LogP) is 3.02. The van der Waals surface area contributed by atoms with Gasteiger partial charge in [-0.3, -0.25) is 4.21 Å². The Balaban J connectivity index is 1.60. The van der Waals surface area contributed by atoms with Crippen LogP contribution in [0.1, 0.15) is 31.2 Å². The van der Waals surface area contributed by atoms with Gasteiger partial charge in [0.25, 0.3) is 0 Å². The van der Waals surface area contributed by atoms with Crippen LogP contribution in [0.25, 0.3) is 11.1 Å². The quantitative estimate of drug-likeness (QED) is 0.783. The highest BCUT2D eigenvalue weighted by atomic mass is 32.2. The molecule has 0 radical (unpaired) electrons. The number of nitrogens with zero attached hydrogens (tertiary/aromatic N) is 1. The Labute approximate surface area is 144 Å². The van der Waals surface area contributed by atoms with Crippen LogP contribution in [0.2, 0.25) is 0 Å². The van der Waals surface area contributed by atoms with Crippen molar-refractivity contribution in [3.05, 3.63) is 48.2 Å². The maximum Gasteiger partial charge on any atom is 0.212 e. The van der Waals surface area contributed by atoms with E-state index >= 15 is 0 Å². The second-order valence-electron chi connectivity index (χ2n) is 6.30. The summed E-state index contributed by atoms with van der Waals surface area (Å²) in [6, 6.07) is 12.4. The van der Waals surface area contributed by atoms with Crippen molar-refractivity contribution in [3.8, 4) is 17.0 Å². The molecular formula is C18H21N2O3S-. The van der Waals surface area contributed by atoms with E-state index in [2.05, 4.69) is 34.0 Å². The van der Waals surface area contributed by atoms with Gasteiger partial charge in [0.15, 0.2) is 0 Å². The molecule has 0 amide bonds. The van der Waals surface area contributed by atoms with Crippen LogP contribution < -0.4 is 9.46 Å². The molecule has 1 N–H and O–H groups in total. The molecule has 1 fully saturated rings. The van der Waals surface area contributed by atoms with Crippen molar-refractivity contribution in [2.75, 3.05) is 7.11 Å². The zero-order valence-corrected chi connectivity index (χ0v) is 14.6. The third kappa shape index (κ3) is 4.20. The number of benzene rings is 1.